The van der Waals surface area contributed by atoms with Crippen molar-refractivity contribution in [2.75, 3.05) is 36.5 Å². The molecule has 2 aromatic heterocycles. The minimum Gasteiger partial charge on any atom is -0.378 e. The lowest BCUT2D eigenvalue weighted by Crippen LogP contribution is -2.36. The fourth-order valence-electron chi connectivity index (χ4n) is 5.50. The third kappa shape index (κ3) is 5.51. The molecule has 0 spiro atoms. The first kappa shape index (κ1) is 26.1. The lowest BCUT2D eigenvalue weighted by atomic mass is 9.76. The highest BCUT2D eigenvalue weighted by Gasteiger charge is 2.28. The lowest BCUT2D eigenvalue weighted by Gasteiger charge is -2.32. The summed E-state index contributed by atoms with van der Waals surface area (Å²) in [7, 11) is 0. The van der Waals surface area contributed by atoms with Crippen molar-refractivity contribution in [2.45, 2.75) is 38.1 Å². The molecular formula is C28H30F3N5O2. The van der Waals surface area contributed by atoms with Crippen LogP contribution in [0.15, 0.2) is 42.7 Å². The van der Waals surface area contributed by atoms with Gasteiger partial charge < -0.3 is 20.7 Å². The van der Waals surface area contributed by atoms with Crippen LogP contribution in [0.25, 0.3) is 11.3 Å². The number of rotatable bonds is 5. The van der Waals surface area contributed by atoms with Gasteiger partial charge in [-0.3, -0.25) is 9.78 Å². The molecule has 3 heterocycles. The summed E-state index contributed by atoms with van der Waals surface area (Å²) < 4.78 is 50.3. The van der Waals surface area contributed by atoms with E-state index >= 15 is 8.78 Å². The van der Waals surface area contributed by atoms with E-state index in [2.05, 4.69) is 22.2 Å². The Morgan fingerprint density at radius 2 is 1.79 bits per heavy atom. The molecule has 10 heteroatoms. The van der Waals surface area contributed by atoms with Crippen LogP contribution >= 0.6 is 0 Å². The van der Waals surface area contributed by atoms with Gasteiger partial charge >= 0.3 is 0 Å². The Hall–Kier alpha value is -3.50. The van der Waals surface area contributed by atoms with Gasteiger partial charge in [-0.25, -0.2) is 18.2 Å². The van der Waals surface area contributed by atoms with Gasteiger partial charge in [-0.1, -0.05) is 6.92 Å². The Morgan fingerprint density at radius 3 is 2.50 bits per heavy atom. The number of ether oxygens (including phenoxy) is 1. The summed E-state index contributed by atoms with van der Waals surface area (Å²) >= 11 is 0. The number of anilines is 2. The number of amides is 1. The molecular weight excluding hydrogens is 495 g/mol. The minimum absolute atomic E-state index is 0.0706. The maximum Gasteiger partial charge on any atom is 0.274 e. The maximum atomic E-state index is 15.1. The lowest BCUT2D eigenvalue weighted by molar-refractivity contribution is 0.102. The predicted octanol–water partition coefficient (Wildman–Crippen LogP) is 4.88. The van der Waals surface area contributed by atoms with Crippen molar-refractivity contribution in [1.82, 2.24) is 9.97 Å². The molecule has 5 rings (SSSR count). The number of nitrogens with two attached hydrogens (primary N) is 1. The fraction of sp³-hybridized carbons (Fsp3) is 0.393. The largest absolute Gasteiger partial charge is 0.378 e. The van der Waals surface area contributed by atoms with Crippen molar-refractivity contribution in [3.63, 3.8) is 0 Å². The molecule has 3 N–H and O–H groups in total. The second-order valence-electron chi connectivity index (χ2n) is 10.1. The van der Waals surface area contributed by atoms with Gasteiger partial charge in [0.1, 0.15) is 28.8 Å². The summed E-state index contributed by atoms with van der Waals surface area (Å²) in [6.07, 6.45) is 5.88. The van der Waals surface area contributed by atoms with Crippen LogP contribution < -0.4 is 16.0 Å². The van der Waals surface area contributed by atoms with E-state index in [0.29, 0.717) is 43.6 Å². The quantitative estimate of drug-likeness (QED) is 0.493. The Morgan fingerprint density at radius 1 is 1.05 bits per heavy atom. The van der Waals surface area contributed by atoms with Crippen molar-refractivity contribution in [3.05, 3.63) is 71.4 Å². The van der Waals surface area contributed by atoms with Crippen LogP contribution in [0, 0.1) is 23.4 Å². The van der Waals surface area contributed by atoms with Crippen molar-refractivity contribution in [3.8, 4) is 11.3 Å². The Kier molecular flexibility index (Phi) is 7.62. The fourth-order valence-corrected chi connectivity index (χ4v) is 5.50. The van der Waals surface area contributed by atoms with Gasteiger partial charge in [0, 0.05) is 31.0 Å². The summed E-state index contributed by atoms with van der Waals surface area (Å²) in [5.74, 6) is -2.91. The second kappa shape index (κ2) is 11.1. The number of carbonyl (C=O) groups is 1. The van der Waals surface area contributed by atoms with Gasteiger partial charge in [0.15, 0.2) is 0 Å². The molecule has 3 atom stereocenters. The molecule has 1 aliphatic carbocycles. The molecule has 0 unspecified atom stereocenters. The monoisotopic (exact) mass is 525 g/mol. The Labute approximate surface area is 219 Å². The van der Waals surface area contributed by atoms with Crippen LogP contribution in [0.1, 0.15) is 48.2 Å². The summed E-state index contributed by atoms with van der Waals surface area (Å²) in [6.45, 7) is 4.03. The standard InChI is InChI=1S/C28H30F3N5O2/c1-16-10-17(12-18(32)11-16)20-4-5-33-15-25(20)35-28(37)24-3-2-21(29)27(34-24)26-22(30)13-19(14-23(26)31)36-6-8-38-9-7-36/h2-5,13-18H,6-12,32H2,1H3,(H,35,37)/t16-,17+,18+/m0/s1. The number of pyridine rings is 2. The predicted molar refractivity (Wildman–Crippen MR) is 139 cm³/mol. The number of nitrogens with zero attached hydrogens (tertiary/aromatic N) is 3. The topological polar surface area (TPSA) is 93.4 Å². The van der Waals surface area contributed by atoms with Crippen LogP contribution in [0.5, 0.6) is 0 Å². The van der Waals surface area contributed by atoms with Gasteiger partial charge in [0.05, 0.1) is 30.7 Å². The van der Waals surface area contributed by atoms with Gasteiger partial charge in [0.2, 0.25) is 0 Å². The van der Waals surface area contributed by atoms with E-state index in [4.69, 9.17) is 10.5 Å². The SMILES string of the molecule is C[C@@H]1C[C@@H](N)C[C@H](c2ccncc2NC(=O)c2ccc(F)c(-c3c(F)cc(N4CCOCC4)cc3F)n2)C1. The molecule has 1 aromatic carbocycles. The first-order chi connectivity index (χ1) is 18.3. The zero-order valence-electron chi connectivity index (χ0n) is 21.1. The molecule has 1 aliphatic heterocycles. The first-order valence-corrected chi connectivity index (χ1v) is 12.8. The number of morpholine rings is 1. The molecule has 3 aromatic rings. The third-order valence-electron chi connectivity index (χ3n) is 7.24. The zero-order chi connectivity index (χ0) is 26.8. The highest BCUT2D eigenvalue weighted by molar-refractivity contribution is 6.03. The molecule has 2 fully saturated rings. The number of hydrogen-bond acceptors (Lipinski definition) is 6. The molecule has 200 valence electrons. The maximum absolute atomic E-state index is 15.1. The van der Waals surface area contributed by atoms with E-state index in [1.54, 1.807) is 17.3 Å². The van der Waals surface area contributed by atoms with Gasteiger partial charge in [-0.05, 0) is 67.0 Å². The zero-order valence-corrected chi connectivity index (χ0v) is 21.1. The van der Waals surface area contributed by atoms with Crippen LogP contribution in [0.3, 0.4) is 0 Å². The van der Waals surface area contributed by atoms with Crippen molar-refractivity contribution >= 4 is 17.3 Å². The van der Waals surface area contributed by atoms with Crippen LogP contribution in [-0.4, -0.2) is 48.2 Å². The Bertz CT molecular complexity index is 1300. The molecule has 2 aliphatic rings. The van der Waals surface area contributed by atoms with Crippen LogP contribution in [0.2, 0.25) is 0 Å². The average Bonchev–Trinajstić information content (AvgIpc) is 2.89. The van der Waals surface area contributed by atoms with Crippen LogP contribution in [0.4, 0.5) is 24.5 Å². The van der Waals surface area contributed by atoms with Crippen molar-refractivity contribution in [2.24, 2.45) is 11.7 Å². The van der Waals surface area contributed by atoms with Gasteiger partial charge in [-0.2, -0.15) is 0 Å². The molecule has 38 heavy (non-hydrogen) atoms. The average molecular weight is 526 g/mol. The van der Waals surface area contributed by atoms with Crippen molar-refractivity contribution in [1.29, 1.82) is 0 Å². The third-order valence-corrected chi connectivity index (χ3v) is 7.24. The first-order valence-electron chi connectivity index (χ1n) is 12.8. The summed E-state index contributed by atoms with van der Waals surface area (Å²) in [5, 5.41) is 2.80. The molecule has 1 saturated carbocycles. The highest BCUT2D eigenvalue weighted by Crippen LogP contribution is 2.38. The number of hydrogen-bond donors (Lipinski definition) is 2. The minimum atomic E-state index is -0.965. The number of halogens is 3. The smallest absolute Gasteiger partial charge is 0.274 e. The number of benzene rings is 1. The number of aromatic nitrogens is 2. The van der Waals surface area contributed by atoms with Crippen LogP contribution in [-0.2, 0) is 4.74 Å². The molecule has 1 saturated heterocycles. The number of nitrogens with one attached hydrogen (secondary N) is 1. The van der Waals surface area contributed by atoms with E-state index in [9.17, 15) is 9.18 Å². The summed E-state index contributed by atoms with van der Waals surface area (Å²) in [5.41, 5.74) is 6.62. The van der Waals surface area contributed by atoms with E-state index in [0.717, 1.165) is 43.0 Å². The molecule has 7 nitrogen and oxygen atoms in total. The molecule has 0 radical (unpaired) electrons. The number of carbonyl (C=O) groups excluding carboxylic acids is 1. The van der Waals surface area contributed by atoms with E-state index in [-0.39, 0.29) is 17.7 Å². The van der Waals surface area contributed by atoms with Crippen molar-refractivity contribution < 1.29 is 22.7 Å². The summed E-state index contributed by atoms with van der Waals surface area (Å²) in [4.78, 5) is 23.1. The summed E-state index contributed by atoms with van der Waals surface area (Å²) in [6, 6.07) is 6.39. The van der Waals surface area contributed by atoms with E-state index in [1.165, 1.54) is 6.07 Å². The van der Waals surface area contributed by atoms with Gasteiger partial charge in [-0.15, -0.1) is 0 Å². The molecule has 1 amide bonds. The highest BCUT2D eigenvalue weighted by atomic mass is 19.1. The Balaban J connectivity index is 1.42. The van der Waals surface area contributed by atoms with E-state index in [1.807, 2.05) is 6.07 Å². The molecule has 0 bridgehead atoms. The van der Waals surface area contributed by atoms with Gasteiger partial charge in [0.25, 0.3) is 5.91 Å². The normalized spacial score (nSPS) is 21.8. The second-order valence-corrected chi connectivity index (χ2v) is 10.1. The van der Waals surface area contributed by atoms with E-state index < -0.39 is 34.6 Å².